The molecule has 0 aliphatic carbocycles. The number of carbonyl (C=O) groups is 2. The van der Waals surface area contributed by atoms with Crippen LogP contribution in [-0.2, 0) is 14.3 Å². The number of esters is 1. The Hall–Kier alpha value is -1.06. The van der Waals surface area contributed by atoms with E-state index < -0.39 is 11.9 Å². The average Bonchev–Trinajstić information content (AvgIpc) is 1.85. The second-order valence-corrected chi connectivity index (χ2v) is 1.63. The Morgan fingerprint density at radius 2 is 2.20 bits per heavy atom. The van der Waals surface area contributed by atoms with E-state index in [-0.39, 0.29) is 6.42 Å². The van der Waals surface area contributed by atoms with Crippen LogP contribution in [0.4, 0.5) is 0 Å². The molecule has 0 aliphatic heterocycles. The number of ether oxygens (including phenoxy) is 1. The molecule has 2 N–H and O–H groups in total. The maximum Gasteiger partial charge on any atom is 0.310 e. The SMILES string of the molecule is CCOC(=O)[CH]CC(N)=O. The summed E-state index contributed by atoms with van der Waals surface area (Å²) in [5.41, 5.74) is 4.76. The molecule has 0 aliphatic rings. The van der Waals surface area contributed by atoms with Crippen molar-refractivity contribution in [2.45, 2.75) is 13.3 Å². The molecule has 0 rings (SSSR count). The molecule has 0 saturated carbocycles. The summed E-state index contributed by atoms with van der Waals surface area (Å²) in [5.74, 6) is -1.03. The largest absolute Gasteiger partial charge is 0.466 e. The number of hydrogen-bond donors (Lipinski definition) is 1. The molecule has 0 atom stereocenters. The summed E-state index contributed by atoms with van der Waals surface area (Å²) in [4.78, 5) is 20.6. The van der Waals surface area contributed by atoms with E-state index in [1.165, 1.54) is 0 Å². The molecule has 0 heterocycles. The first-order valence-electron chi connectivity index (χ1n) is 2.95. The molecular formula is C6H10NO3. The van der Waals surface area contributed by atoms with Crippen LogP contribution in [0.25, 0.3) is 0 Å². The van der Waals surface area contributed by atoms with E-state index >= 15 is 0 Å². The predicted octanol–water partition coefficient (Wildman–Crippen LogP) is -0.371. The first kappa shape index (κ1) is 8.94. The van der Waals surface area contributed by atoms with Gasteiger partial charge in [0.1, 0.15) is 0 Å². The number of primary amides is 1. The Morgan fingerprint density at radius 1 is 1.60 bits per heavy atom. The van der Waals surface area contributed by atoms with E-state index in [4.69, 9.17) is 5.73 Å². The van der Waals surface area contributed by atoms with E-state index in [2.05, 4.69) is 4.74 Å². The van der Waals surface area contributed by atoms with Gasteiger partial charge in [0.15, 0.2) is 0 Å². The highest BCUT2D eigenvalue weighted by Gasteiger charge is 2.03. The van der Waals surface area contributed by atoms with E-state index in [1.807, 2.05) is 0 Å². The Bertz CT molecular complexity index is 133. The summed E-state index contributed by atoms with van der Waals surface area (Å²) >= 11 is 0. The van der Waals surface area contributed by atoms with E-state index in [0.29, 0.717) is 6.61 Å². The van der Waals surface area contributed by atoms with Crippen LogP contribution in [0.2, 0.25) is 0 Å². The van der Waals surface area contributed by atoms with Gasteiger partial charge in [-0.25, -0.2) is 0 Å². The van der Waals surface area contributed by atoms with E-state index in [9.17, 15) is 9.59 Å². The van der Waals surface area contributed by atoms with Crippen molar-refractivity contribution in [1.82, 2.24) is 0 Å². The molecule has 4 heteroatoms. The summed E-state index contributed by atoms with van der Waals surface area (Å²) in [6.07, 6.45) is 1.06. The molecule has 4 nitrogen and oxygen atoms in total. The molecule has 0 saturated heterocycles. The topological polar surface area (TPSA) is 69.4 Å². The first-order valence-corrected chi connectivity index (χ1v) is 2.95. The van der Waals surface area contributed by atoms with Crippen LogP contribution >= 0.6 is 0 Å². The molecule has 0 aromatic carbocycles. The Labute approximate surface area is 59.3 Å². The zero-order valence-electron chi connectivity index (χ0n) is 5.79. The number of rotatable bonds is 4. The van der Waals surface area contributed by atoms with Crippen LogP contribution in [0.1, 0.15) is 13.3 Å². The third-order valence-electron chi connectivity index (χ3n) is 0.757. The highest BCUT2D eigenvalue weighted by molar-refractivity contribution is 5.86. The van der Waals surface area contributed by atoms with Gasteiger partial charge in [-0.05, 0) is 6.92 Å². The smallest absolute Gasteiger partial charge is 0.310 e. The summed E-state index contributed by atoms with van der Waals surface area (Å²) in [6, 6.07) is 0. The van der Waals surface area contributed by atoms with Crippen LogP contribution in [0, 0.1) is 6.42 Å². The standard InChI is InChI=1S/C6H10NO3/c1-2-10-6(9)4-3-5(7)8/h4H,2-3H2,1H3,(H2,7,8). The second-order valence-electron chi connectivity index (χ2n) is 1.63. The highest BCUT2D eigenvalue weighted by Crippen LogP contribution is 1.88. The van der Waals surface area contributed by atoms with Gasteiger partial charge in [0.05, 0.1) is 13.0 Å². The fourth-order valence-electron chi connectivity index (χ4n) is 0.385. The van der Waals surface area contributed by atoms with Gasteiger partial charge in [0.25, 0.3) is 0 Å². The quantitative estimate of drug-likeness (QED) is 0.547. The number of amides is 1. The predicted molar refractivity (Wildman–Crippen MR) is 34.7 cm³/mol. The van der Waals surface area contributed by atoms with Crippen LogP contribution in [-0.4, -0.2) is 18.5 Å². The molecule has 0 unspecified atom stereocenters. The van der Waals surface area contributed by atoms with Crippen molar-refractivity contribution in [1.29, 1.82) is 0 Å². The fourth-order valence-corrected chi connectivity index (χ4v) is 0.385. The monoisotopic (exact) mass is 144 g/mol. The van der Waals surface area contributed by atoms with Crippen LogP contribution < -0.4 is 5.73 Å². The summed E-state index contributed by atoms with van der Waals surface area (Å²) < 4.78 is 4.49. The second kappa shape index (κ2) is 4.78. The van der Waals surface area contributed by atoms with Gasteiger partial charge < -0.3 is 10.5 Å². The van der Waals surface area contributed by atoms with Gasteiger partial charge in [0.2, 0.25) is 5.91 Å². The summed E-state index contributed by atoms with van der Waals surface area (Å²) in [7, 11) is 0. The lowest BCUT2D eigenvalue weighted by molar-refractivity contribution is -0.139. The van der Waals surface area contributed by atoms with Crippen LogP contribution in [0.15, 0.2) is 0 Å². The number of carbonyl (C=O) groups excluding carboxylic acids is 2. The zero-order valence-corrected chi connectivity index (χ0v) is 5.79. The average molecular weight is 144 g/mol. The lowest BCUT2D eigenvalue weighted by Crippen LogP contribution is -2.14. The molecule has 1 amide bonds. The molecule has 0 bridgehead atoms. The van der Waals surface area contributed by atoms with Gasteiger partial charge in [-0.1, -0.05) is 0 Å². The number of nitrogens with two attached hydrogens (primary N) is 1. The Kier molecular flexibility index (Phi) is 4.28. The third kappa shape index (κ3) is 5.08. The van der Waals surface area contributed by atoms with Crippen molar-refractivity contribution in [3.63, 3.8) is 0 Å². The van der Waals surface area contributed by atoms with Gasteiger partial charge in [-0.3, -0.25) is 9.59 Å². The minimum Gasteiger partial charge on any atom is -0.466 e. The molecular weight excluding hydrogens is 134 g/mol. The third-order valence-corrected chi connectivity index (χ3v) is 0.757. The van der Waals surface area contributed by atoms with Crippen molar-refractivity contribution in [2.24, 2.45) is 5.73 Å². The lowest BCUT2D eigenvalue weighted by Gasteiger charge is -1.97. The number of hydrogen-bond acceptors (Lipinski definition) is 3. The summed E-state index contributed by atoms with van der Waals surface area (Å²) in [6.45, 7) is 2.00. The highest BCUT2D eigenvalue weighted by atomic mass is 16.5. The van der Waals surface area contributed by atoms with Gasteiger partial charge in [0, 0.05) is 6.42 Å². The minimum atomic E-state index is -0.534. The molecule has 0 aromatic heterocycles. The van der Waals surface area contributed by atoms with Gasteiger partial charge >= 0.3 is 5.97 Å². The lowest BCUT2D eigenvalue weighted by atomic mass is 10.3. The van der Waals surface area contributed by atoms with Crippen molar-refractivity contribution in [3.05, 3.63) is 6.42 Å². The minimum absolute atomic E-state index is 0.0567. The van der Waals surface area contributed by atoms with Crippen molar-refractivity contribution >= 4 is 11.9 Å². The van der Waals surface area contributed by atoms with E-state index in [1.54, 1.807) is 6.92 Å². The summed E-state index contributed by atoms with van der Waals surface area (Å²) in [5, 5.41) is 0. The Morgan fingerprint density at radius 3 is 2.60 bits per heavy atom. The maximum absolute atomic E-state index is 10.5. The normalized spacial score (nSPS) is 8.90. The van der Waals surface area contributed by atoms with Crippen molar-refractivity contribution in [2.75, 3.05) is 6.61 Å². The molecule has 57 valence electrons. The first-order chi connectivity index (χ1) is 4.66. The zero-order chi connectivity index (χ0) is 7.98. The molecule has 0 spiro atoms. The molecule has 10 heavy (non-hydrogen) atoms. The van der Waals surface area contributed by atoms with Gasteiger partial charge in [-0.2, -0.15) is 0 Å². The van der Waals surface area contributed by atoms with Crippen molar-refractivity contribution in [3.8, 4) is 0 Å². The maximum atomic E-state index is 10.5. The van der Waals surface area contributed by atoms with E-state index in [0.717, 1.165) is 6.42 Å². The molecule has 0 fully saturated rings. The van der Waals surface area contributed by atoms with Gasteiger partial charge in [-0.15, -0.1) is 0 Å². The fraction of sp³-hybridized carbons (Fsp3) is 0.500. The Balaban J connectivity index is 3.30. The van der Waals surface area contributed by atoms with Crippen LogP contribution in [0.5, 0.6) is 0 Å². The van der Waals surface area contributed by atoms with Crippen LogP contribution in [0.3, 0.4) is 0 Å². The molecule has 1 radical (unpaired) electrons. The van der Waals surface area contributed by atoms with Crippen molar-refractivity contribution < 1.29 is 14.3 Å². The molecule has 0 aromatic rings.